The third-order valence-corrected chi connectivity index (χ3v) is 7.68. The second-order valence-corrected chi connectivity index (χ2v) is 9.94. The Morgan fingerprint density at radius 2 is 1.84 bits per heavy atom. The highest BCUT2D eigenvalue weighted by Gasteiger charge is 2.59. The lowest BCUT2D eigenvalue weighted by Crippen LogP contribution is -2.62. The summed E-state index contributed by atoms with van der Waals surface area (Å²) in [5, 5.41) is 2.61. The van der Waals surface area contributed by atoms with Crippen molar-refractivity contribution in [1.82, 2.24) is 10.2 Å². The van der Waals surface area contributed by atoms with E-state index in [0.717, 1.165) is 17.0 Å². The molecule has 2 aromatic carbocycles. The van der Waals surface area contributed by atoms with Crippen LogP contribution in [0.15, 0.2) is 36.4 Å². The van der Waals surface area contributed by atoms with Gasteiger partial charge >= 0.3 is 6.09 Å². The van der Waals surface area contributed by atoms with Gasteiger partial charge in [0.25, 0.3) is 6.43 Å². The van der Waals surface area contributed by atoms with Crippen molar-refractivity contribution in [2.45, 2.75) is 62.3 Å². The van der Waals surface area contributed by atoms with E-state index in [1.54, 1.807) is 0 Å². The third kappa shape index (κ3) is 4.64. The van der Waals surface area contributed by atoms with Gasteiger partial charge in [-0.2, -0.15) is 0 Å². The molecule has 2 heterocycles. The van der Waals surface area contributed by atoms with Gasteiger partial charge in [0.05, 0.1) is 24.2 Å². The number of amides is 2. The number of cyclic esters (lactones) is 1. The lowest BCUT2D eigenvalue weighted by Gasteiger charge is -2.43. The summed E-state index contributed by atoms with van der Waals surface area (Å²) in [5.74, 6) is -4.08. The normalized spacial score (nSPS) is 29.3. The molecule has 5 rings (SSSR count). The van der Waals surface area contributed by atoms with E-state index in [1.807, 2.05) is 0 Å². The first-order valence-corrected chi connectivity index (χ1v) is 12.0. The molecule has 198 valence electrons. The Morgan fingerprint density at radius 1 is 1.14 bits per heavy atom. The monoisotopic (exact) mass is 526 g/mol. The number of nitrogens with zero attached hydrogens (tertiary/aromatic N) is 1. The SMILES string of the molecule is O=C1NC2(CCO1)CC(C(F)F)N(C(=O)C1CC(F)C1)C2Cc1cccc(-c2cc(F)cc(F)c2)c1F. The van der Waals surface area contributed by atoms with Crippen molar-refractivity contribution in [2.75, 3.05) is 6.61 Å². The van der Waals surface area contributed by atoms with Crippen LogP contribution in [0.4, 0.5) is 31.1 Å². The maximum atomic E-state index is 15.7. The van der Waals surface area contributed by atoms with Crippen LogP contribution in [0.3, 0.4) is 0 Å². The number of carbonyl (C=O) groups is 2. The molecule has 1 saturated carbocycles. The Labute approximate surface area is 208 Å². The van der Waals surface area contributed by atoms with E-state index in [-0.39, 0.29) is 55.4 Å². The number of nitrogens with one attached hydrogen (secondary N) is 1. The van der Waals surface area contributed by atoms with Crippen LogP contribution in [-0.2, 0) is 16.0 Å². The Bertz CT molecular complexity index is 1200. The molecule has 0 bridgehead atoms. The molecule has 11 heteroatoms. The molecule has 2 saturated heterocycles. The minimum atomic E-state index is -2.96. The summed E-state index contributed by atoms with van der Waals surface area (Å²) >= 11 is 0. The van der Waals surface area contributed by atoms with Gasteiger partial charge < -0.3 is 15.0 Å². The fraction of sp³-hybridized carbons (Fsp3) is 0.462. The summed E-state index contributed by atoms with van der Waals surface area (Å²) in [6.07, 6.45) is -5.61. The number of hydrogen-bond donors (Lipinski definition) is 1. The van der Waals surface area contributed by atoms with Crippen LogP contribution in [0.25, 0.3) is 11.1 Å². The standard InChI is InChI=1S/C26H24F6N2O3/c27-16-8-15(9-16)24(35)34-20(23(31)32)12-26(4-5-37-25(36)33-26)21(34)10-13-2-1-3-19(22(13)30)14-6-17(28)11-18(29)7-14/h1-3,6-7,11,15-16,20-21,23H,4-5,8-10,12H2,(H,33,36). The Kier molecular flexibility index (Phi) is 6.57. The first-order chi connectivity index (χ1) is 17.6. The Morgan fingerprint density at radius 3 is 2.46 bits per heavy atom. The molecular formula is C26H24F6N2O3. The summed E-state index contributed by atoms with van der Waals surface area (Å²) < 4.78 is 90.3. The van der Waals surface area contributed by atoms with Gasteiger partial charge in [-0.25, -0.2) is 31.1 Å². The van der Waals surface area contributed by atoms with Gasteiger partial charge in [-0.1, -0.05) is 18.2 Å². The van der Waals surface area contributed by atoms with Crippen LogP contribution in [0.5, 0.6) is 0 Å². The molecule has 2 aromatic rings. The van der Waals surface area contributed by atoms with Crippen LogP contribution in [0, 0.1) is 23.4 Å². The van der Waals surface area contributed by atoms with E-state index in [4.69, 9.17) is 4.74 Å². The highest BCUT2D eigenvalue weighted by atomic mass is 19.3. The minimum absolute atomic E-state index is 0.0111. The maximum Gasteiger partial charge on any atom is 0.407 e. The summed E-state index contributed by atoms with van der Waals surface area (Å²) in [4.78, 5) is 26.5. The lowest BCUT2D eigenvalue weighted by molar-refractivity contribution is -0.147. The van der Waals surface area contributed by atoms with Crippen molar-refractivity contribution < 1.29 is 40.7 Å². The zero-order chi connectivity index (χ0) is 26.5. The van der Waals surface area contributed by atoms with E-state index < -0.39 is 65.6 Å². The van der Waals surface area contributed by atoms with Gasteiger partial charge in [0.1, 0.15) is 23.6 Å². The van der Waals surface area contributed by atoms with Crippen molar-refractivity contribution in [3.05, 3.63) is 59.4 Å². The average molecular weight is 526 g/mol. The molecule has 37 heavy (non-hydrogen) atoms. The first-order valence-electron chi connectivity index (χ1n) is 12.0. The van der Waals surface area contributed by atoms with E-state index in [9.17, 15) is 31.5 Å². The largest absolute Gasteiger partial charge is 0.449 e. The zero-order valence-corrected chi connectivity index (χ0v) is 19.5. The minimum Gasteiger partial charge on any atom is -0.449 e. The number of alkyl halides is 3. The van der Waals surface area contributed by atoms with E-state index in [0.29, 0.717) is 6.07 Å². The molecule has 2 amide bonds. The molecule has 0 radical (unpaired) electrons. The van der Waals surface area contributed by atoms with Gasteiger partial charge in [0.15, 0.2) is 0 Å². The van der Waals surface area contributed by atoms with Crippen LogP contribution >= 0.6 is 0 Å². The van der Waals surface area contributed by atoms with E-state index in [2.05, 4.69) is 5.32 Å². The quantitative estimate of drug-likeness (QED) is 0.548. The molecule has 5 nitrogen and oxygen atoms in total. The molecule has 3 atom stereocenters. The van der Waals surface area contributed by atoms with Gasteiger partial charge in [0, 0.05) is 24.0 Å². The van der Waals surface area contributed by atoms with Gasteiger partial charge in [-0.15, -0.1) is 0 Å². The van der Waals surface area contributed by atoms with Crippen molar-refractivity contribution in [2.24, 2.45) is 5.92 Å². The number of hydrogen-bond acceptors (Lipinski definition) is 3. The highest BCUT2D eigenvalue weighted by Crippen LogP contribution is 2.45. The second-order valence-electron chi connectivity index (χ2n) is 9.94. The fourth-order valence-electron chi connectivity index (χ4n) is 5.80. The number of benzene rings is 2. The summed E-state index contributed by atoms with van der Waals surface area (Å²) in [6.45, 7) is -0.0819. The predicted octanol–water partition coefficient (Wildman–Crippen LogP) is 5.16. The highest BCUT2D eigenvalue weighted by molar-refractivity contribution is 5.82. The zero-order valence-electron chi connectivity index (χ0n) is 19.5. The summed E-state index contributed by atoms with van der Waals surface area (Å²) in [5.41, 5.74) is -1.48. The number of halogens is 6. The van der Waals surface area contributed by atoms with E-state index in [1.165, 1.54) is 18.2 Å². The molecule has 0 aromatic heterocycles. The van der Waals surface area contributed by atoms with Gasteiger partial charge in [-0.3, -0.25) is 4.79 Å². The van der Waals surface area contributed by atoms with E-state index >= 15 is 4.39 Å². The molecule has 3 fully saturated rings. The maximum absolute atomic E-state index is 15.7. The molecular weight excluding hydrogens is 502 g/mol. The predicted molar refractivity (Wildman–Crippen MR) is 120 cm³/mol. The molecule has 3 unspecified atom stereocenters. The molecule has 1 aliphatic carbocycles. The number of rotatable bonds is 5. The van der Waals surface area contributed by atoms with Crippen molar-refractivity contribution in [1.29, 1.82) is 0 Å². The van der Waals surface area contributed by atoms with Crippen molar-refractivity contribution >= 4 is 12.0 Å². The molecule has 1 spiro atoms. The topological polar surface area (TPSA) is 58.6 Å². The Hall–Kier alpha value is -3.24. The number of alkyl carbamates (subject to hydrolysis) is 1. The molecule has 3 aliphatic rings. The van der Waals surface area contributed by atoms with Crippen molar-refractivity contribution in [3.63, 3.8) is 0 Å². The Balaban J connectivity index is 1.56. The second kappa shape index (κ2) is 9.57. The van der Waals surface area contributed by atoms with Crippen LogP contribution in [0.2, 0.25) is 0 Å². The smallest absolute Gasteiger partial charge is 0.407 e. The van der Waals surface area contributed by atoms with Crippen LogP contribution in [-0.4, -0.2) is 53.7 Å². The average Bonchev–Trinajstić information content (AvgIpc) is 3.10. The van der Waals surface area contributed by atoms with Crippen LogP contribution < -0.4 is 5.32 Å². The number of carbonyl (C=O) groups excluding carboxylic acids is 2. The third-order valence-electron chi connectivity index (χ3n) is 7.68. The lowest BCUT2D eigenvalue weighted by atomic mass is 9.80. The van der Waals surface area contributed by atoms with Crippen molar-refractivity contribution in [3.8, 4) is 11.1 Å². The number of ether oxygens (including phenoxy) is 1. The summed E-state index contributed by atoms with van der Waals surface area (Å²) in [6, 6.07) is 4.10. The fourth-order valence-corrected chi connectivity index (χ4v) is 5.80. The molecule has 2 aliphatic heterocycles. The van der Waals surface area contributed by atoms with Crippen LogP contribution in [0.1, 0.15) is 31.2 Å². The van der Waals surface area contributed by atoms with Gasteiger partial charge in [-0.05, 0) is 48.9 Å². The first kappa shape index (κ1) is 25.4. The summed E-state index contributed by atoms with van der Waals surface area (Å²) in [7, 11) is 0. The van der Waals surface area contributed by atoms with Gasteiger partial charge in [0.2, 0.25) is 5.91 Å². The number of likely N-dealkylation sites (tertiary alicyclic amines) is 1. The molecule has 1 N–H and O–H groups in total.